The van der Waals surface area contributed by atoms with E-state index in [2.05, 4.69) is 0 Å². The predicted octanol–water partition coefficient (Wildman–Crippen LogP) is 3.44. The van der Waals surface area contributed by atoms with Crippen LogP contribution in [0.5, 0.6) is 0 Å². The zero-order chi connectivity index (χ0) is 13.9. The smallest absolute Gasteiger partial charge is 0.264 e. The Morgan fingerprint density at radius 3 is 2.65 bits per heavy atom. The number of thiophene rings is 1. The summed E-state index contributed by atoms with van der Waals surface area (Å²) in [5.41, 5.74) is 1.11. The summed E-state index contributed by atoms with van der Waals surface area (Å²) in [5, 5.41) is 0. The highest BCUT2D eigenvalue weighted by Crippen LogP contribution is 2.24. The molecule has 0 radical (unpaired) electrons. The SMILES string of the molecule is O=C(c1ccc(Cl)s1)N(Cc1ccccc1)C[C@H]1CO1. The number of rotatable bonds is 5. The average molecular weight is 308 g/mol. The number of amides is 1. The zero-order valence-electron chi connectivity index (χ0n) is 10.8. The third-order valence-electron chi connectivity index (χ3n) is 3.11. The number of carbonyl (C=O) groups is 1. The fourth-order valence-corrected chi connectivity index (χ4v) is 3.04. The van der Waals surface area contributed by atoms with E-state index in [1.54, 1.807) is 12.1 Å². The predicted molar refractivity (Wildman–Crippen MR) is 80.3 cm³/mol. The van der Waals surface area contributed by atoms with Crippen LogP contribution in [0.3, 0.4) is 0 Å². The molecule has 1 aromatic heterocycles. The van der Waals surface area contributed by atoms with Crippen LogP contribution in [0.15, 0.2) is 42.5 Å². The summed E-state index contributed by atoms with van der Waals surface area (Å²) in [6, 6.07) is 13.5. The molecule has 1 fully saturated rings. The van der Waals surface area contributed by atoms with Crippen molar-refractivity contribution in [3.05, 3.63) is 57.2 Å². The van der Waals surface area contributed by atoms with Crippen LogP contribution >= 0.6 is 22.9 Å². The van der Waals surface area contributed by atoms with E-state index >= 15 is 0 Å². The second-order valence-corrected chi connectivity index (χ2v) is 6.45. The molecule has 0 spiro atoms. The number of hydrogen-bond donors (Lipinski definition) is 0. The van der Waals surface area contributed by atoms with Gasteiger partial charge in [0.1, 0.15) is 0 Å². The molecule has 1 amide bonds. The lowest BCUT2D eigenvalue weighted by Crippen LogP contribution is -2.33. The number of ether oxygens (including phenoxy) is 1. The van der Waals surface area contributed by atoms with Gasteiger partial charge >= 0.3 is 0 Å². The Bertz CT molecular complexity index is 595. The lowest BCUT2D eigenvalue weighted by atomic mass is 10.2. The number of carbonyl (C=O) groups excluding carboxylic acids is 1. The molecule has 3 rings (SSSR count). The summed E-state index contributed by atoms with van der Waals surface area (Å²) in [7, 11) is 0. The molecule has 1 saturated heterocycles. The molecule has 2 heterocycles. The normalized spacial score (nSPS) is 16.9. The molecular formula is C15H14ClNO2S. The summed E-state index contributed by atoms with van der Waals surface area (Å²) in [5.74, 6) is 0.0150. The standard InChI is InChI=1S/C15H14ClNO2S/c16-14-7-6-13(20-14)15(18)17(9-12-10-19-12)8-11-4-2-1-3-5-11/h1-7,12H,8-10H2/t12-/m0/s1. The van der Waals surface area contributed by atoms with Crippen LogP contribution < -0.4 is 0 Å². The third-order valence-corrected chi connectivity index (χ3v) is 4.33. The first-order chi connectivity index (χ1) is 9.72. The Kier molecular flexibility index (Phi) is 4.05. The Morgan fingerprint density at radius 1 is 1.30 bits per heavy atom. The zero-order valence-corrected chi connectivity index (χ0v) is 12.4. The topological polar surface area (TPSA) is 32.8 Å². The van der Waals surface area contributed by atoms with E-state index in [4.69, 9.17) is 16.3 Å². The Hall–Kier alpha value is -1.36. The molecule has 1 aromatic carbocycles. The molecule has 1 aliphatic heterocycles. The number of epoxide rings is 1. The van der Waals surface area contributed by atoms with E-state index in [-0.39, 0.29) is 12.0 Å². The van der Waals surface area contributed by atoms with E-state index < -0.39 is 0 Å². The monoisotopic (exact) mass is 307 g/mol. The van der Waals surface area contributed by atoms with Gasteiger partial charge in [0.2, 0.25) is 0 Å². The van der Waals surface area contributed by atoms with Gasteiger partial charge in [0.05, 0.1) is 21.9 Å². The van der Waals surface area contributed by atoms with Gasteiger partial charge in [-0.2, -0.15) is 0 Å². The van der Waals surface area contributed by atoms with Crippen LogP contribution in [0.25, 0.3) is 0 Å². The largest absolute Gasteiger partial charge is 0.371 e. The van der Waals surface area contributed by atoms with Crippen LogP contribution in [-0.4, -0.2) is 30.1 Å². The molecule has 1 aliphatic rings. The van der Waals surface area contributed by atoms with Crippen molar-refractivity contribution >= 4 is 28.8 Å². The van der Waals surface area contributed by atoms with Crippen molar-refractivity contribution in [2.75, 3.05) is 13.2 Å². The molecule has 0 bridgehead atoms. The summed E-state index contributed by atoms with van der Waals surface area (Å²) in [6.45, 7) is 1.96. The minimum atomic E-state index is 0.0150. The maximum atomic E-state index is 12.5. The van der Waals surface area contributed by atoms with E-state index in [0.29, 0.717) is 22.3 Å². The van der Waals surface area contributed by atoms with Gasteiger partial charge in [-0.3, -0.25) is 4.79 Å². The van der Waals surface area contributed by atoms with Crippen molar-refractivity contribution < 1.29 is 9.53 Å². The minimum Gasteiger partial charge on any atom is -0.371 e. The summed E-state index contributed by atoms with van der Waals surface area (Å²) in [4.78, 5) is 15.0. The van der Waals surface area contributed by atoms with E-state index in [9.17, 15) is 4.79 Å². The molecule has 0 saturated carbocycles. The van der Waals surface area contributed by atoms with Crippen molar-refractivity contribution in [3.63, 3.8) is 0 Å². The van der Waals surface area contributed by atoms with Gasteiger partial charge in [-0.25, -0.2) is 0 Å². The number of nitrogens with zero attached hydrogens (tertiary/aromatic N) is 1. The number of benzene rings is 1. The minimum absolute atomic E-state index is 0.0150. The van der Waals surface area contributed by atoms with Crippen LogP contribution in [-0.2, 0) is 11.3 Å². The fraction of sp³-hybridized carbons (Fsp3) is 0.267. The van der Waals surface area contributed by atoms with Crippen LogP contribution in [0.2, 0.25) is 4.34 Å². The third kappa shape index (κ3) is 3.39. The van der Waals surface area contributed by atoms with Gasteiger partial charge in [-0.15, -0.1) is 11.3 Å². The molecule has 0 aliphatic carbocycles. The van der Waals surface area contributed by atoms with Gasteiger partial charge in [-0.05, 0) is 17.7 Å². The maximum Gasteiger partial charge on any atom is 0.264 e. The molecule has 104 valence electrons. The summed E-state index contributed by atoms with van der Waals surface area (Å²) >= 11 is 7.23. The molecule has 2 aromatic rings. The molecule has 0 N–H and O–H groups in total. The summed E-state index contributed by atoms with van der Waals surface area (Å²) < 4.78 is 5.89. The van der Waals surface area contributed by atoms with Crippen molar-refractivity contribution in [3.8, 4) is 0 Å². The molecule has 1 atom stereocenters. The second kappa shape index (κ2) is 5.95. The molecule has 3 nitrogen and oxygen atoms in total. The van der Waals surface area contributed by atoms with Crippen LogP contribution in [0.4, 0.5) is 0 Å². The van der Waals surface area contributed by atoms with E-state index in [1.807, 2.05) is 35.2 Å². The number of hydrogen-bond acceptors (Lipinski definition) is 3. The van der Waals surface area contributed by atoms with Crippen molar-refractivity contribution in [2.24, 2.45) is 0 Å². The van der Waals surface area contributed by atoms with Crippen LogP contribution in [0.1, 0.15) is 15.2 Å². The Labute approximate surface area is 126 Å². The first-order valence-electron chi connectivity index (χ1n) is 6.42. The van der Waals surface area contributed by atoms with Gasteiger partial charge in [0.25, 0.3) is 5.91 Å². The summed E-state index contributed by atoms with van der Waals surface area (Å²) in [6.07, 6.45) is 0.179. The van der Waals surface area contributed by atoms with E-state index in [1.165, 1.54) is 11.3 Å². The quantitative estimate of drug-likeness (QED) is 0.793. The highest BCUT2D eigenvalue weighted by atomic mass is 35.5. The second-order valence-electron chi connectivity index (χ2n) is 4.73. The molecule has 20 heavy (non-hydrogen) atoms. The fourth-order valence-electron chi connectivity index (χ4n) is 2.03. The van der Waals surface area contributed by atoms with Crippen molar-refractivity contribution in [2.45, 2.75) is 12.6 Å². The lowest BCUT2D eigenvalue weighted by Gasteiger charge is -2.21. The number of halogens is 1. The Balaban J connectivity index is 1.76. The van der Waals surface area contributed by atoms with Crippen molar-refractivity contribution in [1.82, 2.24) is 4.90 Å². The molecule has 5 heteroatoms. The first kappa shape index (κ1) is 13.6. The van der Waals surface area contributed by atoms with Gasteiger partial charge in [0, 0.05) is 13.1 Å². The van der Waals surface area contributed by atoms with E-state index in [0.717, 1.165) is 12.2 Å². The average Bonchev–Trinajstić information content (AvgIpc) is 3.17. The molecule has 0 unspecified atom stereocenters. The first-order valence-corrected chi connectivity index (χ1v) is 7.62. The van der Waals surface area contributed by atoms with Gasteiger partial charge < -0.3 is 9.64 Å². The highest BCUT2D eigenvalue weighted by Gasteiger charge is 2.29. The highest BCUT2D eigenvalue weighted by molar-refractivity contribution is 7.17. The van der Waals surface area contributed by atoms with Gasteiger partial charge in [0.15, 0.2) is 0 Å². The Morgan fingerprint density at radius 2 is 2.05 bits per heavy atom. The molecular weight excluding hydrogens is 294 g/mol. The lowest BCUT2D eigenvalue weighted by molar-refractivity contribution is 0.0734. The maximum absolute atomic E-state index is 12.5. The van der Waals surface area contributed by atoms with Gasteiger partial charge in [-0.1, -0.05) is 41.9 Å². The van der Waals surface area contributed by atoms with Crippen LogP contribution in [0, 0.1) is 0 Å². The van der Waals surface area contributed by atoms with Crippen molar-refractivity contribution in [1.29, 1.82) is 0 Å².